The van der Waals surface area contributed by atoms with E-state index in [9.17, 15) is 14.7 Å². The summed E-state index contributed by atoms with van der Waals surface area (Å²) in [4.78, 5) is 28.3. The molecule has 0 amide bonds. The molecule has 0 saturated carbocycles. The Hall–Kier alpha value is -3.46. The second-order valence-corrected chi connectivity index (χ2v) is 7.68. The number of likely N-dealkylation sites (tertiary alicyclic amines) is 1. The second-order valence-electron chi connectivity index (χ2n) is 7.68. The highest BCUT2D eigenvalue weighted by molar-refractivity contribution is 5.90. The van der Waals surface area contributed by atoms with E-state index >= 15 is 0 Å². The highest BCUT2D eigenvalue weighted by Crippen LogP contribution is 2.42. The van der Waals surface area contributed by atoms with Crippen LogP contribution in [0.15, 0.2) is 23.0 Å². The number of pyridine rings is 1. The van der Waals surface area contributed by atoms with Crippen molar-refractivity contribution in [3.63, 3.8) is 0 Å². The van der Waals surface area contributed by atoms with Gasteiger partial charge in [-0.3, -0.25) is 9.69 Å². The molecule has 5 rings (SSSR count). The zero-order chi connectivity index (χ0) is 21.0. The number of benzene rings is 1. The summed E-state index contributed by atoms with van der Waals surface area (Å²) in [6, 6.07) is 6.00. The van der Waals surface area contributed by atoms with Gasteiger partial charge in [-0.05, 0) is 31.6 Å². The van der Waals surface area contributed by atoms with Gasteiger partial charge >= 0.3 is 6.16 Å². The molecule has 0 unspecified atom stereocenters. The molecule has 9 nitrogen and oxygen atoms in total. The molecule has 0 bridgehead atoms. The lowest BCUT2D eigenvalue weighted by Crippen LogP contribution is -2.36. The average Bonchev–Trinajstić information content (AvgIpc) is 2.85. The first-order valence-corrected chi connectivity index (χ1v) is 9.79. The summed E-state index contributed by atoms with van der Waals surface area (Å²) < 4.78 is 12.6. The minimum absolute atomic E-state index is 0.267. The molecule has 3 N–H and O–H groups in total. The van der Waals surface area contributed by atoms with Gasteiger partial charge in [0.25, 0.3) is 5.56 Å². The van der Waals surface area contributed by atoms with E-state index in [1.807, 2.05) is 19.2 Å². The standard InChI is InChI=1S/C21H21N3O6/c1-23-12(10-24-4-2-5-24)7-11-8-14-16(9-15(11)23)29-6-3-13-17(14)22-20(26)19(18(13)25)30-21(27)28/h7-9H,2-6,10H2,1H3,(H,27,28)(H2,22,25,26). The van der Waals surface area contributed by atoms with Crippen molar-refractivity contribution >= 4 is 17.1 Å². The molecular formula is C21H21N3O6. The van der Waals surface area contributed by atoms with Gasteiger partial charge in [0.1, 0.15) is 5.75 Å². The molecule has 0 radical (unpaired) electrons. The van der Waals surface area contributed by atoms with Gasteiger partial charge in [0.05, 0.1) is 17.8 Å². The van der Waals surface area contributed by atoms with E-state index in [4.69, 9.17) is 9.84 Å². The van der Waals surface area contributed by atoms with Gasteiger partial charge in [-0.2, -0.15) is 0 Å². The van der Waals surface area contributed by atoms with Crippen LogP contribution < -0.4 is 15.0 Å². The van der Waals surface area contributed by atoms with Gasteiger partial charge in [0.15, 0.2) is 5.75 Å². The van der Waals surface area contributed by atoms with Crippen LogP contribution in [0.4, 0.5) is 4.79 Å². The molecule has 30 heavy (non-hydrogen) atoms. The molecule has 1 aromatic carbocycles. The van der Waals surface area contributed by atoms with Crippen LogP contribution in [-0.2, 0) is 20.0 Å². The molecule has 3 aromatic rings. The number of H-pyrrole nitrogens is 1. The molecule has 2 aliphatic rings. The monoisotopic (exact) mass is 411 g/mol. The number of ether oxygens (including phenoxy) is 2. The van der Waals surface area contributed by atoms with Crippen LogP contribution in [-0.4, -0.2) is 50.5 Å². The number of carbonyl (C=O) groups is 1. The van der Waals surface area contributed by atoms with E-state index in [0.29, 0.717) is 29.0 Å². The van der Waals surface area contributed by atoms with E-state index in [1.165, 1.54) is 12.1 Å². The zero-order valence-electron chi connectivity index (χ0n) is 16.4. The summed E-state index contributed by atoms with van der Waals surface area (Å²) in [5.74, 6) is -0.499. The van der Waals surface area contributed by atoms with E-state index in [0.717, 1.165) is 30.5 Å². The van der Waals surface area contributed by atoms with Crippen molar-refractivity contribution in [3.8, 4) is 28.5 Å². The van der Waals surface area contributed by atoms with Gasteiger partial charge < -0.3 is 29.2 Å². The molecule has 0 atom stereocenters. The number of aromatic amines is 1. The van der Waals surface area contributed by atoms with E-state index < -0.39 is 23.2 Å². The summed E-state index contributed by atoms with van der Waals surface area (Å²) in [6.07, 6.45) is -0.145. The third kappa shape index (κ3) is 2.89. The Morgan fingerprint density at radius 1 is 1.30 bits per heavy atom. The molecule has 156 valence electrons. The predicted octanol–water partition coefficient (Wildman–Crippen LogP) is 2.44. The number of nitrogens with one attached hydrogen (secondary N) is 1. The SMILES string of the molecule is Cn1c(CN2CCC2)cc2cc3c(cc21)OCCc1c-3[nH]c(=O)c(OC(=O)O)c1O. The maximum absolute atomic E-state index is 12.4. The molecule has 1 saturated heterocycles. The van der Waals surface area contributed by atoms with Gasteiger partial charge in [0, 0.05) is 48.3 Å². The lowest BCUT2D eigenvalue weighted by molar-refractivity contribution is 0.142. The first-order valence-electron chi connectivity index (χ1n) is 9.79. The van der Waals surface area contributed by atoms with Gasteiger partial charge in [-0.1, -0.05) is 0 Å². The largest absolute Gasteiger partial charge is 0.511 e. The van der Waals surface area contributed by atoms with Crippen molar-refractivity contribution in [1.82, 2.24) is 14.5 Å². The van der Waals surface area contributed by atoms with Crippen LogP contribution in [0.5, 0.6) is 17.2 Å². The Labute approximate surface area is 171 Å². The third-order valence-electron chi connectivity index (χ3n) is 5.89. The van der Waals surface area contributed by atoms with E-state index in [2.05, 4.69) is 25.3 Å². The fourth-order valence-corrected chi connectivity index (χ4v) is 4.19. The fraction of sp³-hybridized carbons (Fsp3) is 0.333. The maximum Gasteiger partial charge on any atom is 0.511 e. The minimum atomic E-state index is -1.67. The quantitative estimate of drug-likeness (QED) is 0.567. The number of nitrogens with zero attached hydrogens (tertiary/aromatic N) is 2. The number of carboxylic acid groups (broad SMARTS) is 1. The predicted molar refractivity (Wildman–Crippen MR) is 108 cm³/mol. The van der Waals surface area contributed by atoms with Crippen LogP contribution in [0.1, 0.15) is 17.7 Å². The van der Waals surface area contributed by atoms with Crippen LogP contribution in [0, 0.1) is 0 Å². The van der Waals surface area contributed by atoms with Crippen LogP contribution in [0.3, 0.4) is 0 Å². The summed E-state index contributed by atoms with van der Waals surface area (Å²) in [5, 5.41) is 20.4. The molecular weight excluding hydrogens is 390 g/mol. The molecule has 0 spiro atoms. The van der Waals surface area contributed by atoms with Crippen molar-refractivity contribution < 1.29 is 24.5 Å². The van der Waals surface area contributed by atoms with Crippen molar-refractivity contribution in [2.45, 2.75) is 19.4 Å². The summed E-state index contributed by atoms with van der Waals surface area (Å²) in [7, 11) is 2.03. The van der Waals surface area contributed by atoms with E-state index in [-0.39, 0.29) is 6.61 Å². The number of rotatable bonds is 3. The second kappa shape index (κ2) is 6.81. The zero-order valence-corrected chi connectivity index (χ0v) is 16.4. The van der Waals surface area contributed by atoms with Crippen molar-refractivity contribution in [1.29, 1.82) is 0 Å². The highest BCUT2D eigenvalue weighted by atomic mass is 16.7. The Morgan fingerprint density at radius 2 is 2.10 bits per heavy atom. The van der Waals surface area contributed by atoms with Gasteiger partial charge in [-0.15, -0.1) is 0 Å². The summed E-state index contributed by atoms with van der Waals surface area (Å²) in [5.41, 5.74) is 2.84. The van der Waals surface area contributed by atoms with Gasteiger partial charge in [0.2, 0.25) is 5.75 Å². The molecule has 9 heteroatoms. The highest BCUT2D eigenvalue weighted by Gasteiger charge is 2.26. The third-order valence-corrected chi connectivity index (χ3v) is 5.89. The average molecular weight is 411 g/mol. The van der Waals surface area contributed by atoms with Crippen LogP contribution >= 0.6 is 0 Å². The molecule has 2 aliphatic heterocycles. The lowest BCUT2D eigenvalue weighted by Gasteiger charge is -2.30. The Kier molecular flexibility index (Phi) is 4.21. The van der Waals surface area contributed by atoms with Crippen LogP contribution in [0.2, 0.25) is 0 Å². The van der Waals surface area contributed by atoms with Crippen molar-refractivity contribution in [2.75, 3.05) is 19.7 Å². The summed E-state index contributed by atoms with van der Waals surface area (Å²) >= 11 is 0. The van der Waals surface area contributed by atoms with E-state index in [1.54, 1.807) is 0 Å². The molecule has 0 aliphatic carbocycles. The Balaban J connectivity index is 1.66. The maximum atomic E-state index is 12.4. The van der Waals surface area contributed by atoms with Crippen molar-refractivity contribution in [3.05, 3.63) is 39.8 Å². The lowest BCUT2D eigenvalue weighted by atomic mass is 10.0. The first kappa shape index (κ1) is 18.6. The minimum Gasteiger partial charge on any atom is -0.504 e. The first-order chi connectivity index (χ1) is 14.4. The van der Waals surface area contributed by atoms with Crippen LogP contribution in [0.25, 0.3) is 22.2 Å². The number of hydrogen-bond donors (Lipinski definition) is 3. The Morgan fingerprint density at radius 3 is 2.80 bits per heavy atom. The summed E-state index contributed by atoms with van der Waals surface area (Å²) in [6.45, 7) is 3.36. The number of aryl methyl sites for hydroxylation is 1. The molecule has 2 aromatic heterocycles. The number of fused-ring (bicyclic) bond motifs is 4. The van der Waals surface area contributed by atoms with Crippen molar-refractivity contribution in [2.24, 2.45) is 7.05 Å². The Bertz CT molecular complexity index is 1240. The smallest absolute Gasteiger partial charge is 0.504 e. The number of aromatic hydroxyl groups is 1. The fourth-order valence-electron chi connectivity index (χ4n) is 4.19. The molecule has 4 heterocycles. The topological polar surface area (TPSA) is 117 Å². The number of aromatic nitrogens is 2. The molecule has 1 fully saturated rings. The van der Waals surface area contributed by atoms with Gasteiger partial charge in [-0.25, -0.2) is 4.79 Å². The number of hydrogen-bond acceptors (Lipinski definition) is 6. The normalized spacial score (nSPS) is 15.6.